The van der Waals surface area contributed by atoms with E-state index in [0.29, 0.717) is 18.8 Å². The number of nitrogens with zero attached hydrogens (tertiary/aromatic N) is 1. The molecule has 18 heavy (non-hydrogen) atoms. The van der Waals surface area contributed by atoms with Crippen molar-refractivity contribution >= 4 is 11.3 Å². The van der Waals surface area contributed by atoms with E-state index in [-0.39, 0.29) is 18.9 Å². The average Bonchev–Trinajstić information content (AvgIpc) is 2.81. The van der Waals surface area contributed by atoms with Gasteiger partial charge in [0.1, 0.15) is 0 Å². The molecule has 5 heteroatoms. The predicted octanol–water partition coefficient (Wildman–Crippen LogP) is 3.49. The summed E-state index contributed by atoms with van der Waals surface area (Å²) in [6, 6.07) is 0.289. The molecule has 1 aromatic rings. The van der Waals surface area contributed by atoms with Crippen molar-refractivity contribution in [1.29, 1.82) is 0 Å². The Morgan fingerprint density at radius 2 is 2.22 bits per heavy atom. The number of halogens is 2. The summed E-state index contributed by atoms with van der Waals surface area (Å²) in [5.41, 5.74) is 0. The third kappa shape index (κ3) is 3.72. The van der Waals surface area contributed by atoms with E-state index in [9.17, 15) is 8.78 Å². The monoisotopic (exact) mass is 274 g/mol. The van der Waals surface area contributed by atoms with Crippen molar-refractivity contribution in [3.05, 3.63) is 16.6 Å². The van der Waals surface area contributed by atoms with Crippen LogP contribution in [-0.4, -0.2) is 23.5 Å². The fourth-order valence-electron chi connectivity index (χ4n) is 2.67. The number of hydrogen-bond donors (Lipinski definition) is 1. The molecule has 0 bridgehead atoms. The van der Waals surface area contributed by atoms with Gasteiger partial charge in [0.15, 0.2) is 0 Å². The topological polar surface area (TPSA) is 24.9 Å². The van der Waals surface area contributed by atoms with Crippen LogP contribution >= 0.6 is 11.3 Å². The van der Waals surface area contributed by atoms with Crippen molar-refractivity contribution in [2.75, 3.05) is 6.54 Å². The minimum atomic E-state index is -2.44. The molecule has 1 unspecified atom stereocenters. The summed E-state index contributed by atoms with van der Waals surface area (Å²) in [4.78, 5) is 4.29. The van der Waals surface area contributed by atoms with Crippen LogP contribution in [0.3, 0.4) is 0 Å². The zero-order valence-electron chi connectivity index (χ0n) is 10.7. The van der Waals surface area contributed by atoms with Crippen molar-refractivity contribution in [3.63, 3.8) is 0 Å². The van der Waals surface area contributed by atoms with E-state index in [1.54, 1.807) is 17.5 Å². The summed E-state index contributed by atoms with van der Waals surface area (Å²) < 4.78 is 26.3. The number of nitrogens with one attached hydrogen (secondary N) is 1. The van der Waals surface area contributed by atoms with Crippen molar-refractivity contribution in [2.45, 2.75) is 51.0 Å². The summed E-state index contributed by atoms with van der Waals surface area (Å²) in [6.07, 6.45) is 3.99. The van der Waals surface area contributed by atoms with Gasteiger partial charge in [-0.3, -0.25) is 0 Å². The maximum Gasteiger partial charge on any atom is 0.248 e. The zero-order valence-corrected chi connectivity index (χ0v) is 11.5. The Morgan fingerprint density at radius 3 is 2.78 bits per heavy atom. The van der Waals surface area contributed by atoms with Crippen LogP contribution in [0, 0.1) is 5.92 Å². The van der Waals surface area contributed by atoms with Crippen molar-refractivity contribution in [1.82, 2.24) is 10.3 Å². The standard InChI is InChI=1S/C13H20F2N2S/c1-2-16-11(9-12-17-7-8-18-12)10-3-5-13(14,15)6-4-10/h7-8,10-11,16H,2-6,9H2,1H3. The average molecular weight is 274 g/mol. The maximum atomic E-state index is 13.2. The number of likely N-dealkylation sites (N-methyl/N-ethyl adjacent to an activating group) is 1. The molecule has 0 spiro atoms. The highest BCUT2D eigenvalue weighted by Crippen LogP contribution is 2.38. The first kappa shape index (κ1) is 13.9. The molecule has 1 saturated carbocycles. The number of rotatable bonds is 5. The third-order valence-electron chi connectivity index (χ3n) is 3.68. The Kier molecular flexibility index (Phi) is 4.67. The Morgan fingerprint density at radius 1 is 1.50 bits per heavy atom. The normalized spacial score (nSPS) is 21.9. The molecular formula is C13H20F2N2S. The van der Waals surface area contributed by atoms with E-state index >= 15 is 0 Å². The first-order chi connectivity index (χ1) is 8.61. The largest absolute Gasteiger partial charge is 0.314 e. The smallest absolute Gasteiger partial charge is 0.248 e. The van der Waals surface area contributed by atoms with E-state index < -0.39 is 5.92 Å². The molecule has 102 valence electrons. The second-order valence-corrected chi connectivity index (χ2v) is 5.97. The van der Waals surface area contributed by atoms with Crippen molar-refractivity contribution in [3.8, 4) is 0 Å². The van der Waals surface area contributed by atoms with E-state index in [1.165, 1.54) is 0 Å². The number of aromatic nitrogens is 1. The van der Waals surface area contributed by atoms with Gasteiger partial charge in [-0.05, 0) is 25.3 Å². The van der Waals surface area contributed by atoms with Gasteiger partial charge >= 0.3 is 0 Å². The van der Waals surface area contributed by atoms with Gasteiger partial charge in [-0.25, -0.2) is 13.8 Å². The lowest BCUT2D eigenvalue weighted by atomic mass is 9.81. The quantitative estimate of drug-likeness (QED) is 0.889. The predicted molar refractivity (Wildman–Crippen MR) is 70.2 cm³/mol. The van der Waals surface area contributed by atoms with Gasteiger partial charge in [0.2, 0.25) is 5.92 Å². The van der Waals surface area contributed by atoms with Crippen LogP contribution < -0.4 is 5.32 Å². The van der Waals surface area contributed by atoms with Gasteiger partial charge in [0.25, 0.3) is 0 Å². The molecule has 0 aliphatic heterocycles. The molecule has 0 saturated heterocycles. The summed E-state index contributed by atoms with van der Waals surface area (Å²) in [5.74, 6) is -2.08. The van der Waals surface area contributed by atoms with Crippen molar-refractivity contribution in [2.24, 2.45) is 5.92 Å². The molecule has 1 atom stereocenters. The van der Waals surface area contributed by atoms with Crippen LogP contribution in [0.4, 0.5) is 8.78 Å². The lowest BCUT2D eigenvalue weighted by Gasteiger charge is -2.33. The van der Waals surface area contributed by atoms with Crippen LogP contribution in [0.25, 0.3) is 0 Å². The van der Waals surface area contributed by atoms with E-state index in [4.69, 9.17) is 0 Å². The molecular weight excluding hydrogens is 254 g/mol. The van der Waals surface area contributed by atoms with Gasteiger partial charge in [-0.15, -0.1) is 11.3 Å². The Hall–Kier alpha value is -0.550. The van der Waals surface area contributed by atoms with Gasteiger partial charge in [-0.1, -0.05) is 6.92 Å². The van der Waals surface area contributed by atoms with Gasteiger partial charge in [0, 0.05) is 36.9 Å². The molecule has 1 aliphatic carbocycles. The fourth-order valence-corrected chi connectivity index (χ4v) is 3.35. The molecule has 1 heterocycles. The lowest BCUT2D eigenvalue weighted by Crippen LogP contribution is -2.41. The molecule has 1 fully saturated rings. The van der Waals surface area contributed by atoms with E-state index in [2.05, 4.69) is 17.2 Å². The Labute approximate surface area is 111 Å². The third-order valence-corrected chi connectivity index (χ3v) is 4.48. The number of thiazole rings is 1. The summed E-state index contributed by atoms with van der Waals surface area (Å²) in [6.45, 7) is 2.94. The molecule has 0 aromatic carbocycles. The second-order valence-electron chi connectivity index (χ2n) is 4.99. The van der Waals surface area contributed by atoms with Crippen LogP contribution in [-0.2, 0) is 6.42 Å². The Bertz CT molecular complexity index is 344. The summed E-state index contributed by atoms with van der Waals surface area (Å²) in [5, 5.41) is 6.50. The lowest BCUT2D eigenvalue weighted by molar-refractivity contribution is -0.0494. The van der Waals surface area contributed by atoms with Crippen LogP contribution in [0.15, 0.2) is 11.6 Å². The minimum absolute atomic E-state index is 0.0391. The van der Waals surface area contributed by atoms with E-state index in [0.717, 1.165) is 18.0 Å². The highest BCUT2D eigenvalue weighted by molar-refractivity contribution is 7.09. The Balaban J connectivity index is 1.93. The molecule has 2 rings (SSSR count). The van der Waals surface area contributed by atoms with Gasteiger partial charge < -0.3 is 5.32 Å². The number of alkyl halides is 2. The van der Waals surface area contributed by atoms with Gasteiger partial charge in [0.05, 0.1) is 5.01 Å². The molecule has 1 aliphatic rings. The summed E-state index contributed by atoms with van der Waals surface area (Å²) >= 11 is 1.64. The van der Waals surface area contributed by atoms with Crippen LogP contribution in [0.2, 0.25) is 0 Å². The highest BCUT2D eigenvalue weighted by atomic mass is 32.1. The molecule has 1 aromatic heterocycles. The van der Waals surface area contributed by atoms with E-state index in [1.807, 2.05) is 5.38 Å². The highest BCUT2D eigenvalue weighted by Gasteiger charge is 2.37. The van der Waals surface area contributed by atoms with Crippen LogP contribution in [0.5, 0.6) is 0 Å². The molecule has 0 amide bonds. The zero-order chi connectivity index (χ0) is 13.0. The summed E-state index contributed by atoms with van der Waals surface area (Å²) in [7, 11) is 0. The maximum absolute atomic E-state index is 13.2. The minimum Gasteiger partial charge on any atom is -0.314 e. The van der Waals surface area contributed by atoms with Crippen LogP contribution in [0.1, 0.15) is 37.6 Å². The SMILES string of the molecule is CCNC(Cc1nccs1)C1CCC(F)(F)CC1. The number of hydrogen-bond acceptors (Lipinski definition) is 3. The fraction of sp³-hybridized carbons (Fsp3) is 0.769. The van der Waals surface area contributed by atoms with Gasteiger partial charge in [-0.2, -0.15) is 0 Å². The molecule has 1 N–H and O–H groups in total. The molecule has 0 radical (unpaired) electrons. The molecule has 2 nitrogen and oxygen atoms in total. The first-order valence-electron chi connectivity index (χ1n) is 6.60. The first-order valence-corrected chi connectivity index (χ1v) is 7.48. The van der Waals surface area contributed by atoms with Crippen molar-refractivity contribution < 1.29 is 8.78 Å². The second kappa shape index (κ2) is 6.06.